The number of amides is 1. The number of benzene rings is 3. The Bertz CT molecular complexity index is 1150. The summed E-state index contributed by atoms with van der Waals surface area (Å²) in [6.07, 6.45) is 0. The number of carbonyl (C=O) groups excluding carboxylic acids is 1. The van der Waals surface area contributed by atoms with Gasteiger partial charge in [-0.15, -0.1) is 11.8 Å². The molecule has 6 nitrogen and oxygen atoms in total. The molecule has 0 radical (unpaired) electrons. The topological polar surface area (TPSA) is 51.2 Å². The Hall–Kier alpha value is -3.16. The van der Waals surface area contributed by atoms with Gasteiger partial charge in [0, 0.05) is 54.5 Å². The lowest BCUT2D eigenvalue weighted by molar-refractivity contribution is 0.0628. The number of hydrogen-bond acceptors (Lipinski definition) is 6. The average Bonchev–Trinajstić information content (AvgIpc) is 3.36. The highest BCUT2D eigenvalue weighted by molar-refractivity contribution is 7.98. The zero-order chi connectivity index (χ0) is 23.3. The molecular weight excluding hydrogens is 448 g/mol. The molecule has 5 rings (SSSR count). The molecule has 0 atom stereocenters. The van der Waals surface area contributed by atoms with Crippen molar-refractivity contribution in [1.29, 1.82) is 0 Å². The van der Waals surface area contributed by atoms with Crippen LogP contribution in [0.3, 0.4) is 0 Å². The molecule has 0 N–H and O–H groups in total. The fourth-order valence-electron chi connectivity index (χ4n) is 4.29. The average molecular weight is 477 g/mol. The number of hydrogen-bond donors (Lipinski definition) is 0. The highest BCUT2D eigenvalue weighted by atomic mass is 32.2. The minimum Gasteiger partial charge on any atom is -0.496 e. The summed E-state index contributed by atoms with van der Waals surface area (Å²) < 4.78 is 16.4. The third-order valence-corrected chi connectivity index (χ3v) is 7.23. The highest BCUT2D eigenvalue weighted by Crippen LogP contribution is 2.33. The Labute approximate surface area is 204 Å². The van der Waals surface area contributed by atoms with Gasteiger partial charge in [-0.05, 0) is 48.0 Å². The fraction of sp³-hybridized carbons (Fsp3) is 0.296. The minimum atomic E-state index is 0.0799. The predicted octanol–water partition coefficient (Wildman–Crippen LogP) is 4.67. The van der Waals surface area contributed by atoms with E-state index in [0.717, 1.165) is 48.2 Å². The molecule has 2 heterocycles. The first-order valence-corrected chi connectivity index (χ1v) is 12.4. The second kappa shape index (κ2) is 10.4. The SMILES string of the molecule is COc1ccc(C(=O)N2CCN(Cc3ccc4c(c3)OCO4)CC2)cc1CSc1ccccc1. The molecule has 0 aliphatic carbocycles. The summed E-state index contributed by atoms with van der Waals surface area (Å²) in [5.41, 5.74) is 2.94. The van der Waals surface area contributed by atoms with Crippen molar-refractivity contribution in [2.75, 3.05) is 40.1 Å². The van der Waals surface area contributed by atoms with Gasteiger partial charge in [0.2, 0.25) is 6.79 Å². The fourth-order valence-corrected chi connectivity index (χ4v) is 5.19. The van der Waals surface area contributed by atoms with Gasteiger partial charge in [-0.3, -0.25) is 9.69 Å². The van der Waals surface area contributed by atoms with E-state index in [4.69, 9.17) is 14.2 Å². The molecule has 2 aliphatic heterocycles. The van der Waals surface area contributed by atoms with Crippen molar-refractivity contribution in [1.82, 2.24) is 9.80 Å². The predicted molar refractivity (Wildman–Crippen MR) is 133 cm³/mol. The van der Waals surface area contributed by atoms with Crippen LogP contribution in [-0.4, -0.2) is 55.8 Å². The molecule has 34 heavy (non-hydrogen) atoms. The van der Waals surface area contributed by atoms with Gasteiger partial charge in [-0.2, -0.15) is 0 Å². The van der Waals surface area contributed by atoms with Gasteiger partial charge < -0.3 is 19.1 Å². The maximum atomic E-state index is 13.2. The summed E-state index contributed by atoms with van der Waals surface area (Å²) in [4.78, 5) is 18.8. The molecule has 3 aromatic rings. The number of rotatable bonds is 7. The molecule has 7 heteroatoms. The number of piperazine rings is 1. The molecule has 1 saturated heterocycles. The van der Waals surface area contributed by atoms with Gasteiger partial charge >= 0.3 is 0 Å². The summed E-state index contributed by atoms with van der Waals surface area (Å²) in [7, 11) is 1.67. The monoisotopic (exact) mass is 476 g/mol. The molecule has 3 aromatic carbocycles. The molecular formula is C27H28N2O4S. The Morgan fingerprint density at radius 2 is 1.74 bits per heavy atom. The highest BCUT2D eigenvalue weighted by Gasteiger charge is 2.23. The van der Waals surface area contributed by atoms with Crippen molar-refractivity contribution >= 4 is 17.7 Å². The lowest BCUT2D eigenvalue weighted by Gasteiger charge is -2.35. The van der Waals surface area contributed by atoms with E-state index in [0.29, 0.717) is 18.7 Å². The van der Waals surface area contributed by atoms with Crippen molar-refractivity contribution in [3.63, 3.8) is 0 Å². The van der Waals surface area contributed by atoms with E-state index in [-0.39, 0.29) is 12.7 Å². The van der Waals surface area contributed by atoms with Crippen molar-refractivity contribution in [2.24, 2.45) is 0 Å². The van der Waals surface area contributed by atoms with E-state index >= 15 is 0 Å². The molecule has 0 saturated carbocycles. The largest absolute Gasteiger partial charge is 0.496 e. The smallest absolute Gasteiger partial charge is 0.253 e. The van der Waals surface area contributed by atoms with Crippen LogP contribution in [0.2, 0.25) is 0 Å². The van der Waals surface area contributed by atoms with Crippen LogP contribution in [-0.2, 0) is 12.3 Å². The zero-order valence-corrected chi connectivity index (χ0v) is 20.1. The Morgan fingerprint density at radius 1 is 0.941 bits per heavy atom. The van der Waals surface area contributed by atoms with E-state index in [1.807, 2.05) is 53.4 Å². The van der Waals surface area contributed by atoms with Crippen molar-refractivity contribution in [2.45, 2.75) is 17.2 Å². The third-order valence-electron chi connectivity index (χ3n) is 6.17. The Balaban J connectivity index is 1.19. The normalized spacial score (nSPS) is 15.4. The van der Waals surface area contributed by atoms with Crippen LogP contribution in [0.15, 0.2) is 71.6 Å². The maximum Gasteiger partial charge on any atom is 0.253 e. The first-order chi connectivity index (χ1) is 16.7. The summed E-state index contributed by atoms with van der Waals surface area (Å²) in [6.45, 7) is 4.23. The number of fused-ring (bicyclic) bond motifs is 1. The standard InChI is InChI=1S/C27H28N2O4S/c1-31-24-10-8-21(16-22(24)18-34-23-5-3-2-4-6-23)27(30)29-13-11-28(12-14-29)17-20-7-9-25-26(15-20)33-19-32-25/h2-10,15-16H,11-14,17-19H2,1H3. The molecule has 0 bridgehead atoms. The van der Waals surface area contributed by atoms with Gasteiger partial charge in [-0.25, -0.2) is 0 Å². The minimum absolute atomic E-state index is 0.0799. The first kappa shape index (κ1) is 22.6. The molecule has 0 unspecified atom stereocenters. The van der Waals surface area contributed by atoms with E-state index in [2.05, 4.69) is 23.1 Å². The Morgan fingerprint density at radius 3 is 2.53 bits per heavy atom. The van der Waals surface area contributed by atoms with Crippen LogP contribution in [0.5, 0.6) is 17.2 Å². The van der Waals surface area contributed by atoms with Gasteiger partial charge in [0.05, 0.1) is 7.11 Å². The van der Waals surface area contributed by atoms with Crippen molar-refractivity contribution < 1.29 is 19.0 Å². The van der Waals surface area contributed by atoms with Crippen LogP contribution in [0.1, 0.15) is 21.5 Å². The van der Waals surface area contributed by atoms with Crippen molar-refractivity contribution in [3.8, 4) is 17.2 Å². The summed E-state index contributed by atoms with van der Waals surface area (Å²) >= 11 is 1.74. The molecule has 1 fully saturated rings. The lowest BCUT2D eigenvalue weighted by atomic mass is 10.1. The number of carbonyl (C=O) groups is 1. The van der Waals surface area contributed by atoms with E-state index in [1.54, 1.807) is 18.9 Å². The zero-order valence-electron chi connectivity index (χ0n) is 19.2. The van der Waals surface area contributed by atoms with E-state index < -0.39 is 0 Å². The summed E-state index contributed by atoms with van der Waals surface area (Å²) in [5, 5.41) is 0. The van der Waals surface area contributed by atoms with E-state index in [9.17, 15) is 4.79 Å². The van der Waals surface area contributed by atoms with Crippen LogP contribution >= 0.6 is 11.8 Å². The summed E-state index contributed by atoms with van der Waals surface area (Å²) in [5.74, 6) is 3.26. The van der Waals surface area contributed by atoms with Crippen LogP contribution in [0, 0.1) is 0 Å². The second-order valence-electron chi connectivity index (χ2n) is 8.38. The quantitative estimate of drug-likeness (QED) is 0.462. The summed E-state index contributed by atoms with van der Waals surface area (Å²) in [6, 6.07) is 22.1. The van der Waals surface area contributed by atoms with Gasteiger partial charge in [0.15, 0.2) is 11.5 Å². The van der Waals surface area contributed by atoms with Crippen LogP contribution in [0.4, 0.5) is 0 Å². The molecule has 1 amide bonds. The van der Waals surface area contributed by atoms with Gasteiger partial charge in [0.25, 0.3) is 5.91 Å². The maximum absolute atomic E-state index is 13.2. The lowest BCUT2D eigenvalue weighted by Crippen LogP contribution is -2.48. The van der Waals surface area contributed by atoms with Gasteiger partial charge in [0.1, 0.15) is 5.75 Å². The van der Waals surface area contributed by atoms with Crippen molar-refractivity contribution in [3.05, 3.63) is 83.4 Å². The number of nitrogens with zero attached hydrogens (tertiary/aromatic N) is 2. The van der Waals surface area contributed by atoms with E-state index in [1.165, 1.54) is 10.5 Å². The van der Waals surface area contributed by atoms with Crippen LogP contribution < -0.4 is 14.2 Å². The molecule has 176 valence electrons. The Kier molecular flexibility index (Phi) is 6.92. The van der Waals surface area contributed by atoms with Crippen LogP contribution in [0.25, 0.3) is 0 Å². The molecule has 0 aromatic heterocycles. The molecule has 0 spiro atoms. The molecule has 2 aliphatic rings. The second-order valence-corrected chi connectivity index (χ2v) is 9.43. The number of methoxy groups -OCH3 is 1. The van der Waals surface area contributed by atoms with Gasteiger partial charge in [-0.1, -0.05) is 24.3 Å². The number of ether oxygens (including phenoxy) is 3. The third kappa shape index (κ3) is 5.16. The number of thioether (sulfide) groups is 1. The first-order valence-electron chi connectivity index (χ1n) is 11.4.